The fourth-order valence-electron chi connectivity index (χ4n) is 3.71. The van der Waals surface area contributed by atoms with Crippen molar-refractivity contribution in [2.45, 2.75) is 32.7 Å². The lowest BCUT2D eigenvalue weighted by Gasteiger charge is -2.42. The maximum Gasteiger partial charge on any atom is 0.318 e. The molecule has 1 fully saturated rings. The molecule has 2 aromatic rings. The molecule has 0 aromatic heterocycles. The number of rotatable bonds is 5. The standard InChI is InChI=1S/C24H30N6O/c1-3-4-14-26-24(31)30-16-15-29(17-22(30)20-11-6-5-7-12-20)23(27-18-25)28-21-13-9-8-10-19(21)2/h5-13,22H,3-4,14-17H2,1-2H3,(H,26,31)(H,27,28). The number of para-hydroxylation sites is 1. The molecule has 0 saturated carbocycles. The van der Waals surface area contributed by atoms with E-state index in [1.807, 2.05) is 77.5 Å². The lowest BCUT2D eigenvalue weighted by atomic mass is 10.0. The van der Waals surface area contributed by atoms with Gasteiger partial charge in [0, 0.05) is 31.9 Å². The van der Waals surface area contributed by atoms with Gasteiger partial charge in [-0.2, -0.15) is 5.26 Å². The van der Waals surface area contributed by atoms with Crippen LogP contribution in [0.15, 0.2) is 59.6 Å². The van der Waals surface area contributed by atoms with E-state index in [4.69, 9.17) is 0 Å². The number of amides is 2. The molecular formula is C24H30N6O. The second kappa shape index (κ2) is 11.0. The molecule has 162 valence electrons. The van der Waals surface area contributed by atoms with Crippen LogP contribution >= 0.6 is 0 Å². The van der Waals surface area contributed by atoms with E-state index in [1.165, 1.54) is 0 Å². The highest BCUT2D eigenvalue weighted by molar-refractivity contribution is 5.95. The van der Waals surface area contributed by atoms with Gasteiger partial charge in [0.25, 0.3) is 0 Å². The number of carbonyl (C=O) groups excluding carboxylic acids is 1. The van der Waals surface area contributed by atoms with Gasteiger partial charge in [0.1, 0.15) is 0 Å². The molecule has 1 atom stereocenters. The number of aliphatic imine (C=N–C) groups is 1. The van der Waals surface area contributed by atoms with E-state index in [0.717, 1.165) is 29.7 Å². The topological polar surface area (TPSA) is 83.8 Å². The fraction of sp³-hybridized carbons (Fsp3) is 0.375. The van der Waals surface area contributed by atoms with Crippen LogP contribution < -0.4 is 10.6 Å². The highest BCUT2D eigenvalue weighted by atomic mass is 16.2. The molecule has 1 heterocycles. The molecule has 0 bridgehead atoms. The Morgan fingerprint density at radius 2 is 1.90 bits per heavy atom. The number of piperazine rings is 1. The van der Waals surface area contributed by atoms with Crippen LogP contribution in [-0.4, -0.2) is 48.0 Å². The summed E-state index contributed by atoms with van der Waals surface area (Å²) in [6.07, 6.45) is 3.91. The highest BCUT2D eigenvalue weighted by Crippen LogP contribution is 2.26. The SMILES string of the molecule is CCCCNC(=O)N1CCN(/C(=N\C#N)Nc2ccccc2C)CC1c1ccccc1. The van der Waals surface area contributed by atoms with Crippen molar-refractivity contribution < 1.29 is 4.79 Å². The zero-order chi connectivity index (χ0) is 22.1. The van der Waals surface area contributed by atoms with Crippen molar-refractivity contribution in [3.8, 4) is 6.19 Å². The molecule has 0 radical (unpaired) electrons. The van der Waals surface area contributed by atoms with Crippen molar-refractivity contribution in [1.29, 1.82) is 5.26 Å². The smallest absolute Gasteiger partial charge is 0.318 e. The number of urea groups is 1. The maximum atomic E-state index is 12.9. The van der Waals surface area contributed by atoms with E-state index < -0.39 is 0 Å². The van der Waals surface area contributed by atoms with Crippen molar-refractivity contribution >= 4 is 17.7 Å². The molecule has 1 aliphatic rings. The largest absolute Gasteiger partial charge is 0.338 e. The minimum absolute atomic E-state index is 0.0485. The van der Waals surface area contributed by atoms with Gasteiger partial charge in [-0.25, -0.2) is 4.79 Å². The minimum Gasteiger partial charge on any atom is -0.338 e. The Morgan fingerprint density at radius 3 is 2.61 bits per heavy atom. The molecule has 31 heavy (non-hydrogen) atoms. The molecule has 7 nitrogen and oxygen atoms in total. The van der Waals surface area contributed by atoms with Gasteiger partial charge in [-0.1, -0.05) is 61.9 Å². The van der Waals surface area contributed by atoms with Crippen molar-refractivity contribution in [1.82, 2.24) is 15.1 Å². The van der Waals surface area contributed by atoms with Gasteiger partial charge in [0.05, 0.1) is 6.04 Å². The highest BCUT2D eigenvalue weighted by Gasteiger charge is 2.33. The fourth-order valence-corrected chi connectivity index (χ4v) is 3.71. The van der Waals surface area contributed by atoms with E-state index in [0.29, 0.717) is 32.1 Å². The summed E-state index contributed by atoms with van der Waals surface area (Å²) < 4.78 is 0. The predicted molar refractivity (Wildman–Crippen MR) is 124 cm³/mol. The van der Waals surface area contributed by atoms with Crippen LogP contribution in [0.1, 0.15) is 36.9 Å². The Balaban J connectivity index is 1.82. The van der Waals surface area contributed by atoms with Crippen molar-refractivity contribution in [3.63, 3.8) is 0 Å². The quantitative estimate of drug-likeness (QED) is 0.331. The average Bonchev–Trinajstić information content (AvgIpc) is 2.80. The van der Waals surface area contributed by atoms with Crippen molar-refractivity contribution in [2.24, 2.45) is 4.99 Å². The van der Waals surface area contributed by atoms with Crippen LogP contribution in [0.2, 0.25) is 0 Å². The summed E-state index contributed by atoms with van der Waals surface area (Å²) in [5, 5.41) is 15.6. The van der Waals surface area contributed by atoms with Crippen molar-refractivity contribution in [2.75, 3.05) is 31.5 Å². The molecule has 1 saturated heterocycles. The van der Waals surface area contributed by atoms with Gasteiger partial charge < -0.3 is 20.4 Å². The predicted octanol–water partition coefficient (Wildman–Crippen LogP) is 4.11. The zero-order valence-electron chi connectivity index (χ0n) is 18.2. The summed E-state index contributed by atoms with van der Waals surface area (Å²) in [5.41, 5.74) is 3.04. The van der Waals surface area contributed by atoms with Gasteiger partial charge in [0.2, 0.25) is 12.2 Å². The Morgan fingerprint density at radius 1 is 1.16 bits per heavy atom. The Labute approximate surface area is 184 Å². The molecule has 3 rings (SSSR count). The summed E-state index contributed by atoms with van der Waals surface area (Å²) in [6.45, 7) is 6.46. The number of nitrogens with one attached hydrogen (secondary N) is 2. The third kappa shape index (κ3) is 5.76. The van der Waals surface area contributed by atoms with Crippen LogP contribution in [0, 0.1) is 18.4 Å². The van der Waals surface area contributed by atoms with Gasteiger partial charge in [-0.05, 0) is 30.5 Å². The first-order valence-electron chi connectivity index (χ1n) is 10.8. The average molecular weight is 419 g/mol. The first kappa shape index (κ1) is 22.2. The number of anilines is 1. The third-order valence-corrected chi connectivity index (χ3v) is 5.48. The molecule has 2 amide bonds. The number of unbranched alkanes of at least 4 members (excludes halogenated alkanes) is 1. The number of benzene rings is 2. The summed E-state index contributed by atoms with van der Waals surface area (Å²) in [6, 6.07) is 17.7. The number of aryl methyl sites for hydroxylation is 1. The second-order valence-corrected chi connectivity index (χ2v) is 7.63. The van der Waals surface area contributed by atoms with Crippen LogP contribution in [0.3, 0.4) is 0 Å². The maximum absolute atomic E-state index is 12.9. The Kier molecular flexibility index (Phi) is 7.88. The molecule has 0 aliphatic carbocycles. The van der Waals surface area contributed by atoms with E-state index in [-0.39, 0.29) is 12.1 Å². The number of nitrogens with zero attached hydrogens (tertiary/aromatic N) is 4. The Hall–Kier alpha value is -3.53. The molecule has 2 aromatic carbocycles. The van der Waals surface area contributed by atoms with E-state index in [2.05, 4.69) is 22.5 Å². The number of carbonyl (C=O) groups is 1. The normalized spacial score (nSPS) is 16.5. The Bertz CT molecular complexity index is 937. The summed E-state index contributed by atoms with van der Waals surface area (Å²) in [4.78, 5) is 20.9. The number of hydrogen-bond acceptors (Lipinski definition) is 3. The van der Waals surface area contributed by atoms with Crippen LogP contribution in [-0.2, 0) is 0 Å². The van der Waals surface area contributed by atoms with Gasteiger partial charge in [-0.15, -0.1) is 4.99 Å². The summed E-state index contributed by atoms with van der Waals surface area (Å²) in [5.74, 6) is 0.503. The molecule has 7 heteroatoms. The van der Waals surface area contributed by atoms with E-state index in [1.54, 1.807) is 0 Å². The van der Waals surface area contributed by atoms with Gasteiger partial charge in [0.15, 0.2) is 0 Å². The molecule has 1 unspecified atom stereocenters. The number of guanidine groups is 1. The van der Waals surface area contributed by atoms with Gasteiger partial charge in [-0.3, -0.25) is 0 Å². The molecule has 0 spiro atoms. The monoisotopic (exact) mass is 418 g/mol. The molecule has 2 N–H and O–H groups in total. The van der Waals surface area contributed by atoms with Crippen LogP contribution in [0.5, 0.6) is 0 Å². The lowest BCUT2D eigenvalue weighted by Crippen LogP contribution is -2.55. The van der Waals surface area contributed by atoms with Crippen LogP contribution in [0.25, 0.3) is 0 Å². The van der Waals surface area contributed by atoms with Crippen molar-refractivity contribution in [3.05, 3.63) is 65.7 Å². The first-order valence-corrected chi connectivity index (χ1v) is 10.8. The third-order valence-electron chi connectivity index (χ3n) is 5.48. The lowest BCUT2D eigenvalue weighted by molar-refractivity contribution is 0.127. The summed E-state index contributed by atoms with van der Waals surface area (Å²) in [7, 11) is 0. The first-order chi connectivity index (χ1) is 15.1. The second-order valence-electron chi connectivity index (χ2n) is 7.63. The number of nitriles is 1. The summed E-state index contributed by atoms with van der Waals surface area (Å²) >= 11 is 0. The van der Waals surface area contributed by atoms with Gasteiger partial charge >= 0.3 is 6.03 Å². The minimum atomic E-state index is -0.140. The number of hydrogen-bond donors (Lipinski definition) is 2. The van der Waals surface area contributed by atoms with Crippen LogP contribution in [0.4, 0.5) is 10.5 Å². The van der Waals surface area contributed by atoms with E-state index in [9.17, 15) is 10.1 Å². The molecular weight excluding hydrogens is 388 g/mol. The molecule has 1 aliphatic heterocycles. The van der Waals surface area contributed by atoms with E-state index >= 15 is 0 Å². The zero-order valence-corrected chi connectivity index (χ0v) is 18.2.